The maximum atomic E-state index is 13.1. The Bertz CT molecular complexity index is 679. The first kappa shape index (κ1) is 15.9. The minimum Gasteiger partial charge on any atom is -0.294 e. The number of rotatable bonds is 5. The molecule has 3 nitrogen and oxygen atoms in total. The van der Waals surface area contributed by atoms with Crippen LogP contribution < -0.4 is 0 Å². The molecule has 0 spiro atoms. The molecular weight excluding hydrogens is 335 g/mol. The van der Waals surface area contributed by atoms with Crippen molar-refractivity contribution in [2.45, 2.75) is 40.2 Å². The van der Waals surface area contributed by atoms with Crippen molar-refractivity contribution >= 4 is 21.7 Å². The van der Waals surface area contributed by atoms with Gasteiger partial charge in [-0.05, 0) is 60.0 Å². The maximum absolute atomic E-state index is 13.1. The van der Waals surface area contributed by atoms with E-state index in [9.17, 15) is 9.18 Å². The van der Waals surface area contributed by atoms with Gasteiger partial charge in [0.2, 0.25) is 0 Å². The van der Waals surface area contributed by atoms with E-state index in [1.165, 1.54) is 12.1 Å². The van der Waals surface area contributed by atoms with Crippen LogP contribution in [0.2, 0.25) is 0 Å². The van der Waals surface area contributed by atoms with Gasteiger partial charge in [0.05, 0.1) is 22.3 Å². The molecule has 0 atom stereocenters. The van der Waals surface area contributed by atoms with Gasteiger partial charge >= 0.3 is 0 Å². The molecule has 0 aliphatic rings. The number of halogens is 2. The average molecular weight is 353 g/mol. The number of nitrogens with zero attached hydrogens (tertiary/aromatic N) is 2. The summed E-state index contributed by atoms with van der Waals surface area (Å²) < 4.78 is 15.9. The molecule has 1 heterocycles. The third kappa shape index (κ3) is 3.23. The summed E-state index contributed by atoms with van der Waals surface area (Å²) in [7, 11) is 0. The highest BCUT2D eigenvalue weighted by Gasteiger charge is 2.18. The predicted octanol–water partition coefficient (Wildman–Crippen LogP) is 4.10. The predicted molar refractivity (Wildman–Crippen MR) is 84.2 cm³/mol. The van der Waals surface area contributed by atoms with Crippen molar-refractivity contribution in [3.05, 3.63) is 51.0 Å². The second-order valence-corrected chi connectivity index (χ2v) is 5.73. The van der Waals surface area contributed by atoms with E-state index in [0.717, 1.165) is 22.3 Å². The van der Waals surface area contributed by atoms with Crippen LogP contribution in [-0.2, 0) is 19.4 Å². The van der Waals surface area contributed by atoms with E-state index in [2.05, 4.69) is 21.0 Å². The molecule has 0 amide bonds. The van der Waals surface area contributed by atoms with Gasteiger partial charge < -0.3 is 0 Å². The van der Waals surface area contributed by atoms with Crippen LogP contribution in [0.3, 0.4) is 0 Å². The number of ketones is 1. The van der Waals surface area contributed by atoms with Gasteiger partial charge in [-0.3, -0.25) is 9.48 Å². The van der Waals surface area contributed by atoms with Gasteiger partial charge in [-0.2, -0.15) is 5.10 Å². The fourth-order valence-corrected chi connectivity index (χ4v) is 3.08. The number of aryl methyl sites for hydroxylation is 3. The maximum Gasteiger partial charge on any atom is 0.169 e. The standard InChI is InChI=1S/C16H18BrFN2O/c1-4-13-16(17)14(20(5-2)19-13)9-15(21)12-7-6-11(18)8-10(12)3/h6-8H,4-5,9H2,1-3H3. The molecule has 0 N–H and O–H groups in total. The van der Waals surface area contributed by atoms with Crippen LogP contribution in [-0.4, -0.2) is 15.6 Å². The summed E-state index contributed by atoms with van der Waals surface area (Å²) in [6, 6.07) is 4.26. The lowest BCUT2D eigenvalue weighted by atomic mass is 10.0. The fourth-order valence-electron chi connectivity index (χ4n) is 2.37. The number of benzene rings is 1. The van der Waals surface area contributed by atoms with Crippen LogP contribution >= 0.6 is 15.9 Å². The lowest BCUT2D eigenvalue weighted by Gasteiger charge is -2.07. The zero-order valence-electron chi connectivity index (χ0n) is 12.4. The average Bonchev–Trinajstić information content (AvgIpc) is 2.75. The van der Waals surface area contributed by atoms with Gasteiger partial charge in [0.15, 0.2) is 5.78 Å². The van der Waals surface area contributed by atoms with Gasteiger partial charge in [-0.1, -0.05) is 6.92 Å². The SMILES string of the molecule is CCc1nn(CC)c(CC(=O)c2ccc(F)cc2C)c1Br. The van der Waals surface area contributed by atoms with Crippen LogP contribution in [0.15, 0.2) is 22.7 Å². The third-order valence-corrected chi connectivity index (χ3v) is 4.43. The number of hydrogen-bond acceptors (Lipinski definition) is 2. The molecule has 2 rings (SSSR count). The summed E-state index contributed by atoms with van der Waals surface area (Å²) in [4.78, 5) is 12.5. The molecule has 0 aliphatic carbocycles. The minimum absolute atomic E-state index is 0.0227. The number of carbonyl (C=O) groups excluding carboxylic acids is 1. The number of carbonyl (C=O) groups is 1. The summed E-state index contributed by atoms with van der Waals surface area (Å²) >= 11 is 3.54. The molecular formula is C16H18BrFN2O. The molecule has 0 bridgehead atoms. The smallest absolute Gasteiger partial charge is 0.169 e. The molecule has 1 aromatic heterocycles. The van der Waals surface area contributed by atoms with Crippen molar-refractivity contribution in [2.75, 3.05) is 0 Å². The van der Waals surface area contributed by atoms with Crippen molar-refractivity contribution in [1.29, 1.82) is 0 Å². The Kier molecular flexibility index (Phi) is 4.93. The first-order valence-electron chi connectivity index (χ1n) is 7.01. The Morgan fingerprint density at radius 3 is 2.67 bits per heavy atom. The summed E-state index contributed by atoms with van der Waals surface area (Å²) in [6.07, 6.45) is 1.07. The zero-order chi connectivity index (χ0) is 15.6. The van der Waals surface area contributed by atoms with Gasteiger partial charge in [-0.25, -0.2) is 4.39 Å². The van der Waals surface area contributed by atoms with E-state index in [1.807, 2.05) is 18.5 Å². The molecule has 0 aliphatic heterocycles. The molecule has 1 aromatic carbocycles. The number of Topliss-reactive ketones (excluding diaryl/α,β-unsaturated/α-hetero) is 1. The van der Waals surface area contributed by atoms with Crippen LogP contribution in [0.1, 0.15) is 41.2 Å². The van der Waals surface area contributed by atoms with Crippen molar-refractivity contribution < 1.29 is 9.18 Å². The van der Waals surface area contributed by atoms with Crippen LogP contribution in [0, 0.1) is 12.7 Å². The Morgan fingerprint density at radius 1 is 1.38 bits per heavy atom. The largest absolute Gasteiger partial charge is 0.294 e. The Balaban J connectivity index is 2.33. The Morgan fingerprint density at radius 2 is 2.10 bits per heavy atom. The third-order valence-electron chi connectivity index (χ3n) is 3.51. The molecule has 5 heteroatoms. The molecule has 0 fully saturated rings. The lowest BCUT2D eigenvalue weighted by Crippen LogP contribution is -2.11. The first-order chi connectivity index (χ1) is 9.97. The first-order valence-corrected chi connectivity index (χ1v) is 7.80. The van der Waals surface area contributed by atoms with Crippen LogP contribution in [0.5, 0.6) is 0 Å². The van der Waals surface area contributed by atoms with E-state index >= 15 is 0 Å². The number of aromatic nitrogens is 2. The minimum atomic E-state index is -0.322. The zero-order valence-corrected chi connectivity index (χ0v) is 14.0. The van der Waals surface area contributed by atoms with E-state index in [-0.39, 0.29) is 18.0 Å². The Hall–Kier alpha value is -1.49. The fraction of sp³-hybridized carbons (Fsp3) is 0.375. The van der Waals surface area contributed by atoms with Gasteiger partial charge in [-0.15, -0.1) is 0 Å². The second-order valence-electron chi connectivity index (χ2n) is 4.94. The van der Waals surface area contributed by atoms with E-state index < -0.39 is 0 Å². The van der Waals surface area contributed by atoms with E-state index in [0.29, 0.717) is 17.7 Å². The molecule has 2 aromatic rings. The van der Waals surface area contributed by atoms with E-state index in [4.69, 9.17) is 0 Å². The molecule has 21 heavy (non-hydrogen) atoms. The molecule has 0 saturated carbocycles. The topological polar surface area (TPSA) is 34.9 Å². The summed E-state index contributed by atoms with van der Waals surface area (Å²) in [5, 5.41) is 4.49. The summed E-state index contributed by atoms with van der Waals surface area (Å²) in [5.74, 6) is -0.345. The Labute approximate surface area is 132 Å². The van der Waals surface area contributed by atoms with Crippen molar-refractivity contribution in [1.82, 2.24) is 9.78 Å². The van der Waals surface area contributed by atoms with Crippen molar-refractivity contribution in [2.24, 2.45) is 0 Å². The van der Waals surface area contributed by atoms with Gasteiger partial charge in [0, 0.05) is 12.1 Å². The van der Waals surface area contributed by atoms with E-state index in [1.54, 1.807) is 13.0 Å². The quantitative estimate of drug-likeness (QED) is 0.759. The number of hydrogen-bond donors (Lipinski definition) is 0. The monoisotopic (exact) mass is 352 g/mol. The van der Waals surface area contributed by atoms with Gasteiger partial charge in [0.25, 0.3) is 0 Å². The van der Waals surface area contributed by atoms with Gasteiger partial charge in [0.1, 0.15) is 5.82 Å². The normalized spacial score (nSPS) is 10.9. The van der Waals surface area contributed by atoms with Crippen LogP contribution in [0.4, 0.5) is 4.39 Å². The summed E-state index contributed by atoms with van der Waals surface area (Å²) in [5.41, 5.74) is 3.05. The van der Waals surface area contributed by atoms with Crippen LogP contribution in [0.25, 0.3) is 0 Å². The highest BCUT2D eigenvalue weighted by atomic mass is 79.9. The highest BCUT2D eigenvalue weighted by Crippen LogP contribution is 2.24. The lowest BCUT2D eigenvalue weighted by molar-refractivity contribution is 0.0989. The van der Waals surface area contributed by atoms with Crippen molar-refractivity contribution in [3.63, 3.8) is 0 Å². The molecule has 0 saturated heterocycles. The summed E-state index contributed by atoms with van der Waals surface area (Å²) in [6.45, 7) is 6.49. The molecule has 0 radical (unpaired) electrons. The van der Waals surface area contributed by atoms with Crippen molar-refractivity contribution in [3.8, 4) is 0 Å². The molecule has 0 unspecified atom stereocenters. The molecule has 112 valence electrons. The second kappa shape index (κ2) is 6.52. The highest BCUT2D eigenvalue weighted by molar-refractivity contribution is 9.10.